The van der Waals surface area contributed by atoms with Crippen LogP contribution >= 0.6 is 0 Å². The molecule has 0 aromatic heterocycles. The molecular weight excluding hydrogens is 316 g/mol. The van der Waals surface area contributed by atoms with Crippen LogP contribution in [0.2, 0.25) is 0 Å². The van der Waals surface area contributed by atoms with Gasteiger partial charge in [-0.05, 0) is 40.6 Å². The summed E-state index contributed by atoms with van der Waals surface area (Å²) in [6.45, 7) is 0.231. The van der Waals surface area contributed by atoms with Gasteiger partial charge < -0.3 is 14.2 Å². The standard InChI is InChI=1S/C21H16O4/c1-23-19-11-8-15-4-2-3-5-16(15)21(19)17(22)9-6-14-7-10-18-20(12-14)25-13-24-18/h2-12H,13H2,1H3. The number of benzene rings is 3. The van der Waals surface area contributed by atoms with Gasteiger partial charge in [0.05, 0.1) is 12.7 Å². The van der Waals surface area contributed by atoms with Gasteiger partial charge in [-0.1, -0.05) is 42.5 Å². The zero-order valence-corrected chi connectivity index (χ0v) is 13.7. The molecule has 0 aliphatic carbocycles. The largest absolute Gasteiger partial charge is 0.496 e. The molecule has 0 bridgehead atoms. The van der Waals surface area contributed by atoms with Crippen molar-refractivity contribution in [3.63, 3.8) is 0 Å². The molecule has 4 nitrogen and oxygen atoms in total. The summed E-state index contributed by atoms with van der Waals surface area (Å²) >= 11 is 0. The zero-order valence-electron chi connectivity index (χ0n) is 13.7. The van der Waals surface area contributed by atoms with Crippen LogP contribution in [0.15, 0.2) is 60.7 Å². The molecule has 3 aromatic rings. The zero-order chi connectivity index (χ0) is 17.2. The predicted octanol–water partition coefficient (Wildman–Crippen LogP) is 4.47. The smallest absolute Gasteiger partial charge is 0.231 e. The topological polar surface area (TPSA) is 44.8 Å². The van der Waals surface area contributed by atoms with Crippen molar-refractivity contribution in [2.24, 2.45) is 0 Å². The van der Waals surface area contributed by atoms with E-state index in [0.717, 1.165) is 22.1 Å². The Morgan fingerprint density at radius 1 is 1.04 bits per heavy atom. The summed E-state index contributed by atoms with van der Waals surface area (Å²) in [5.41, 5.74) is 1.44. The van der Waals surface area contributed by atoms with Crippen molar-refractivity contribution >= 4 is 22.6 Å². The maximum absolute atomic E-state index is 12.8. The summed E-state index contributed by atoms with van der Waals surface area (Å²) in [6.07, 6.45) is 3.33. The molecule has 0 unspecified atom stereocenters. The molecule has 0 amide bonds. The molecule has 0 atom stereocenters. The molecule has 0 saturated heterocycles. The van der Waals surface area contributed by atoms with Gasteiger partial charge in [0.25, 0.3) is 0 Å². The second-order valence-corrected chi connectivity index (χ2v) is 5.67. The van der Waals surface area contributed by atoms with Crippen molar-refractivity contribution < 1.29 is 19.0 Å². The van der Waals surface area contributed by atoms with Crippen LogP contribution in [-0.2, 0) is 0 Å². The fourth-order valence-electron chi connectivity index (χ4n) is 2.95. The Hall–Kier alpha value is -3.27. The number of carbonyl (C=O) groups is 1. The maximum Gasteiger partial charge on any atom is 0.231 e. The average Bonchev–Trinajstić information content (AvgIpc) is 3.13. The van der Waals surface area contributed by atoms with Crippen molar-refractivity contribution in [1.29, 1.82) is 0 Å². The van der Waals surface area contributed by atoms with Gasteiger partial charge in [-0.3, -0.25) is 4.79 Å². The van der Waals surface area contributed by atoms with Crippen LogP contribution < -0.4 is 14.2 Å². The van der Waals surface area contributed by atoms with E-state index in [4.69, 9.17) is 14.2 Å². The lowest BCUT2D eigenvalue weighted by molar-refractivity contribution is 0.104. The van der Waals surface area contributed by atoms with Crippen molar-refractivity contribution in [3.05, 3.63) is 71.8 Å². The third-order valence-electron chi connectivity index (χ3n) is 4.18. The summed E-state index contributed by atoms with van der Waals surface area (Å²) in [6, 6.07) is 17.1. The van der Waals surface area contributed by atoms with Gasteiger partial charge >= 0.3 is 0 Å². The number of fused-ring (bicyclic) bond motifs is 2. The van der Waals surface area contributed by atoms with E-state index in [1.807, 2.05) is 54.6 Å². The van der Waals surface area contributed by atoms with Crippen LogP contribution in [0.4, 0.5) is 0 Å². The van der Waals surface area contributed by atoms with Crippen LogP contribution in [-0.4, -0.2) is 19.7 Å². The molecule has 25 heavy (non-hydrogen) atoms. The Morgan fingerprint density at radius 3 is 2.76 bits per heavy atom. The van der Waals surface area contributed by atoms with Gasteiger partial charge in [0.1, 0.15) is 5.75 Å². The number of hydrogen-bond acceptors (Lipinski definition) is 4. The first-order valence-electron chi connectivity index (χ1n) is 7.94. The lowest BCUT2D eigenvalue weighted by atomic mass is 9.99. The Kier molecular flexibility index (Phi) is 3.86. The SMILES string of the molecule is COc1ccc2ccccc2c1C(=O)C=Cc1ccc2c(c1)OCO2. The Balaban J connectivity index is 1.70. The first-order valence-corrected chi connectivity index (χ1v) is 7.94. The second-order valence-electron chi connectivity index (χ2n) is 5.67. The van der Waals surface area contributed by atoms with Gasteiger partial charge in [0.15, 0.2) is 17.3 Å². The van der Waals surface area contributed by atoms with Crippen molar-refractivity contribution in [2.75, 3.05) is 13.9 Å². The molecule has 0 spiro atoms. The second kappa shape index (κ2) is 6.32. The molecule has 1 aliphatic rings. The summed E-state index contributed by atoms with van der Waals surface area (Å²) in [5, 5.41) is 1.88. The summed E-state index contributed by atoms with van der Waals surface area (Å²) < 4.78 is 16.1. The van der Waals surface area contributed by atoms with E-state index in [1.54, 1.807) is 19.3 Å². The first kappa shape index (κ1) is 15.3. The lowest BCUT2D eigenvalue weighted by Crippen LogP contribution is -2.00. The normalized spacial score (nSPS) is 12.7. The van der Waals surface area contributed by atoms with E-state index in [1.165, 1.54) is 0 Å². The van der Waals surface area contributed by atoms with Crippen molar-refractivity contribution in [2.45, 2.75) is 0 Å². The number of rotatable bonds is 4. The van der Waals surface area contributed by atoms with Gasteiger partial charge in [-0.2, -0.15) is 0 Å². The fourth-order valence-corrected chi connectivity index (χ4v) is 2.95. The number of methoxy groups -OCH3 is 1. The first-order chi connectivity index (χ1) is 12.3. The molecule has 1 heterocycles. The quantitative estimate of drug-likeness (QED) is 0.522. The van der Waals surface area contributed by atoms with E-state index in [2.05, 4.69) is 0 Å². The van der Waals surface area contributed by atoms with E-state index in [9.17, 15) is 4.79 Å². The maximum atomic E-state index is 12.8. The monoisotopic (exact) mass is 332 g/mol. The van der Waals surface area contributed by atoms with Gasteiger partial charge in [0.2, 0.25) is 6.79 Å². The van der Waals surface area contributed by atoms with Crippen LogP contribution in [0.3, 0.4) is 0 Å². The van der Waals surface area contributed by atoms with E-state index in [0.29, 0.717) is 17.1 Å². The van der Waals surface area contributed by atoms with Crippen molar-refractivity contribution in [1.82, 2.24) is 0 Å². The fraction of sp³-hybridized carbons (Fsp3) is 0.0952. The highest BCUT2D eigenvalue weighted by molar-refractivity contribution is 6.16. The molecule has 3 aromatic carbocycles. The predicted molar refractivity (Wildman–Crippen MR) is 96.4 cm³/mol. The van der Waals surface area contributed by atoms with Crippen LogP contribution in [0, 0.1) is 0 Å². The van der Waals surface area contributed by atoms with Gasteiger partial charge in [-0.15, -0.1) is 0 Å². The number of allylic oxidation sites excluding steroid dienone is 1. The Labute approximate surface area is 145 Å². The molecule has 0 saturated carbocycles. The summed E-state index contributed by atoms with van der Waals surface area (Å²) in [4.78, 5) is 12.8. The van der Waals surface area contributed by atoms with Crippen LogP contribution in [0.1, 0.15) is 15.9 Å². The molecule has 0 radical (unpaired) electrons. The molecular formula is C21H16O4. The number of hydrogen-bond donors (Lipinski definition) is 0. The molecule has 4 rings (SSSR count). The molecule has 124 valence electrons. The van der Waals surface area contributed by atoms with Crippen LogP contribution in [0.5, 0.6) is 17.2 Å². The minimum absolute atomic E-state index is 0.105. The summed E-state index contributed by atoms with van der Waals surface area (Å²) in [7, 11) is 1.57. The van der Waals surface area contributed by atoms with Gasteiger partial charge in [0, 0.05) is 0 Å². The van der Waals surface area contributed by atoms with Crippen molar-refractivity contribution in [3.8, 4) is 17.2 Å². The van der Waals surface area contributed by atoms with E-state index in [-0.39, 0.29) is 12.6 Å². The van der Waals surface area contributed by atoms with Gasteiger partial charge in [-0.25, -0.2) is 0 Å². The third kappa shape index (κ3) is 2.83. The third-order valence-corrected chi connectivity index (χ3v) is 4.18. The highest BCUT2D eigenvalue weighted by atomic mass is 16.7. The number of carbonyl (C=O) groups excluding carboxylic acids is 1. The summed E-state index contributed by atoms with van der Waals surface area (Å²) in [5.74, 6) is 1.88. The number of ether oxygens (including phenoxy) is 3. The lowest BCUT2D eigenvalue weighted by Gasteiger charge is -2.09. The molecule has 1 aliphatic heterocycles. The minimum Gasteiger partial charge on any atom is -0.496 e. The number of ketones is 1. The highest BCUT2D eigenvalue weighted by Gasteiger charge is 2.15. The van der Waals surface area contributed by atoms with Crippen LogP contribution in [0.25, 0.3) is 16.8 Å². The van der Waals surface area contributed by atoms with E-state index >= 15 is 0 Å². The van der Waals surface area contributed by atoms with E-state index < -0.39 is 0 Å². The Morgan fingerprint density at radius 2 is 1.88 bits per heavy atom. The highest BCUT2D eigenvalue weighted by Crippen LogP contribution is 2.33. The molecule has 0 fully saturated rings. The average molecular weight is 332 g/mol. The minimum atomic E-state index is -0.105. The molecule has 0 N–H and O–H groups in total. The molecule has 4 heteroatoms. The Bertz CT molecular complexity index is 988.